The fraction of sp³-hybridized carbons (Fsp3) is 1.00. The van der Waals surface area contributed by atoms with Crippen molar-refractivity contribution in [3.05, 3.63) is 0 Å². The third-order valence-electron chi connectivity index (χ3n) is 5.19. The first kappa shape index (κ1) is 16.3. The van der Waals surface area contributed by atoms with E-state index in [0.717, 1.165) is 18.8 Å². The topological polar surface area (TPSA) is 35.5 Å². The number of aliphatic hydroxyl groups excluding tert-OH is 1. The Morgan fingerprint density at radius 1 is 1.20 bits per heavy atom. The molecular formula is C17H34N2O. The molecule has 2 rings (SSSR count). The highest BCUT2D eigenvalue weighted by atomic mass is 16.3. The summed E-state index contributed by atoms with van der Waals surface area (Å²) in [6.45, 7) is 8.05. The number of rotatable bonds is 7. The smallest absolute Gasteiger partial charge is 0.0546 e. The van der Waals surface area contributed by atoms with Crippen LogP contribution in [0.3, 0.4) is 0 Å². The second-order valence-corrected chi connectivity index (χ2v) is 7.78. The van der Waals surface area contributed by atoms with Gasteiger partial charge < -0.3 is 15.3 Å². The van der Waals surface area contributed by atoms with Gasteiger partial charge in [-0.05, 0) is 44.1 Å². The van der Waals surface area contributed by atoms with Crippen LogP contribution in [0.15, 0.2) is 0 Å². The van der Waals surface area contributed by atoms with E-state index < -0.39 is 0 Å². The quantitative estimate of drug-likeness (QED) is 0.753. The molecule has 2 fully saturated rings. The molecule has 2 saturated carbocycles. The summed E-state index contributed by atoms with van der Waals surface area (Å²) in [5.41, 5.74) is 0.486. The van der Waals surface area contributed by atoms with Gasteiger partial charge in [0.1, 0.15) is 0 Å². The van der Waals surface area contributed by atoms with Gasteiger partial charge in [0.15, 0.2) is 0 Å². The van der Waals surface area contributed by atoms with Crippen LogP contribution < -0.4 is 5.32 Å². The van der Waals surface area contributed by atoms with Crippen LogP contribution in [-0.4, -0.2) is 48.8 Å². The second kappa shape index (κ2) is 7.24. The summed E-state index contributed by atoms with van der Waals surface area (Å²) in [7, 11) is 2.27. The Morgan fingerprint density at radius 3 is 2.40 bits per heavy atom. The highest BCUT2D eigenvalue weighted by Gasteiger charge is 2.35. The summed E-state index contributed by atoms with van der Waals surface area (Å²) < 4.78 is 0. The Kier molecular flexibility index (Phi) is 5.88. The molecule has 20 heavy (non-hydrogen) atoms. The number of aliphatic hydroxyl groups is 1. The normalized spacial score (nSPS) is 29.7. The molecular weight excluding hydrogens is 248 g/mol. The maximum Gasteiger partial charge on any atom is 0.0546 e. The van der Waals surface area contributed by atoms with E-state index in [1.165, 1.54) is 51.7 Å². The number of hydrogen-bond donors (Lipinski definition) is 2. The van der Waals surface area contributed by atoms with Crippen molar-refractivity contribution in [2.24, 2.45) is 11.3 Å². The van der Waals surface area contributed by atoms with Gasteiger partial charge in [0.2, 0.25) is 0 Å². The summed E-state index contributed by atoms with van der Waals surface area (Å²) in [5, 5.41) is 13.1. The van der Waals surface area contributed by atoms with Crippen molar-refractivity contribution in [2.75, 3.05) is 26.7 Å². The predicted molar refractivity (Wildman–Crippen MR) is 84.9 cm³/mol. The molecule has 0 amide bonds. The first-order valence-corrected chi connectivity index (χ1v) is 8.59. The number of nitrogens with zero attached hydrogens (tertiary/aromatic N) is 1. The van der Waals surface area contributed by atoms with Gasteiger partial charge in [0, 0.05) is 25.7 Å². The Morgan fingerprint density at radius 2 is 1.85 bits per heavy atom. The highest BCUT2D eigenvalue weighted by molar-refractivity contribution is 4.89. The van der Waals surface area contributed by atoms with E-state index in [2.05, 4.69) is 31.1 Å². The van der Waals surface area contributed by atoms with E-state index in [-0.39, 0.29) is 6.10 Å². The average Bonchev–Trinajstić information content (AvgIpc) is 2.36. The summed E-state index contributed by atoms with van der Waals surface area (Å²) in [6, 6.07) is 0.584. The van der Waals surface area contributed by atoms with Gasteiger partial charge in [-0.2, -0.15) is 0 Å². The van der Waals surface area contributed by atoms with Crippen LogP contribution in [0.25, 0.3) is 0 Å². The molecule has 0 radical (unpaired) electrons. The van der Waals surface area contributed by atoms with Crippen LogP contribution in [0.4, 0.5) is 0 Å². The minimum Gasteiger partial charge on any atom is -0.393 e. The van der Waals surface area contributed by atoms with Crippen molar-refractivity contribution in [1.29, 1.82) is 0 Å². The summed E-state index contributed by atoms with van der Waals surface area (Å²) in [5.74, 6) is 0.730. The van der Waals surface area contributed by atoms with Crippen molar-refractivity contribution < 1.29 is 5.11 Å². The molecule has 0 unspecified atom stereocenters. The monoisotopic (exact) mass is 282 g/mol. The summed E-state index contributed by atoms with van der Waals surface area (Å²) >= 11 is 0. The lowest BCUT2D eigenvalue weighted by Gasteiger charge is -2.43. The van der Waals surface area contributed by atoms with Crippen molar-refractivity contribution in [3.8, 4) is 0 Å². The van der Waals surface area contributed by atoms with Crippen molar-refractivity contribution >= 4 is 0 Å². The van der Waals surface area contributed by atoms with E-state index in [1.54, 1.807) is 0 Å². The fourth-order valence-corrected chi connectivity index (χ4v) is 4.04. The van der Waals surface area contributed by atoms with Crippen molar-refractivity contribution in [3.63, 3.8) is 0 Å². The van der Waals surface area contributed by atoms with E-state index in [0.29, 0.717) is 11.5 Å². The lowest BCUT2D eigenvalue weighted by atomic mass is 9.73. The van der Waals surface area contributed by atoms with Gasteiger partial charge in [0.25, 0.3) is 0 Å². The molecule has 0 atom stereocenters. The number of hydrogen-bond acceptors (Lipinski definition) is 3. The molecule has 0 aromatic rings. The van der Waals surface area contributed by atoms with Crippen LogP contribution in [0.2, 0.25) is 0 Å². The molecule has 3 nitrogen and oxygen atoms in total. The Balaban J connectivity index is 1.82. The van der Waals surface area contributed by atoms with E-state index in [4.69, 9.17) is 0 Å². The second-order valence-electron chi connectivity index (χ2n) is 7.78. The van der Waals surface area contributed by atoms with Crippen LogP contribution in [0, 0.1) is 11.3 Å². The number of nitrogens with one attached hydrogen (secondary N) is 1. The molecule has 2 aliphatic carbocycles. The molecule has 0 heterocycles. The van der Waals surface area contributed by atoms with Gasteiger partial charge in [-0.1, -0.05) is 33.1 Å². The minimum atomic E-state index is -0.0142. The highest BCUT2D eigenvalue weighted by Crippen LogP contribution is 2.37. The maximum atomic E-state index is 9.42. The Bertz CT molecular complexity index is 281. The Hall–Kier alpha value is -0.120. The van der Waals surface area contributed by atoms with Gasteiger partial charge in [-0.15, -0.1) is 0 Å². The molecule has 0 aliphatic heterocycles. The summed E-state index contributed by atoms with van der Waals surface area (Å²) in [6.07, 6.45) is 8.99. The molecule has 0 aromatic carbocycles. The van der Waals surface area contributed by atoms with Crippen LogP contribution in [0.1, 0.15) is 58.8 Å². The zero-order chi connectivity index (χ0) is 14.6. The maximum absolute atomic E-state index is 9.42. The van der Waals surface area contributed by atoms with Gasteiger partial charge >= 0.3 is 0 Å². The third kappa shape index (κ3) is 4.71. The molecule has 0 saturated heterocycles. The van der Waals surface area contributed by atoms with Gasteiger partial charge in [0.05, 0.1) is 6.10 Å². The molecule has 0 spiro atoms. The van der Waals surface area contributed by atoms with Crippen molar-refractivity contribution in [1.82, 2.24) is 10.2 Å². The summed E-state index contributed by atoms with van der Waals surface area (Å²) in [4.78, 5) is 2.53. The molecule has 0 bridgehead atoms. The minimum absolute atomic E-state index is 0.0142. The fourth-order valence-electron chi connectivity index (χ4n) is 4.04. The molecule has 2 aliphatic rings. The van der Waals surface area contributed by atoms with Gasteiger partial charge in [-0.25, -0.2) is 0 Å². The van der Waals surface area contributed by atoms with Crippen LogP contribution >= 0.6 is 0 Å². The molecule has 118 valence electrons. The van der Waals surface area contributed by atoms with E-state index in [9.17, 15) is 5.11 Å². The van der Waals surface area contributed by atoms with Crippen LogP contribution in [-0.2, 0) is 0 Å². The molecule has 0 aromatic heterocycles. The first-order chi connectivity index (χ1) is 9.49. The molecule has 3 heteroatoms. The SMILES string of the molecule is CC(C)NCC1(CN(C)CC2CC(O)C2)CCCCC1. The lowest BCUT2D eigenvalue weighted by molar-refractivity contribution is 0.0178. The van der Waals surface area contributed by atoms with Gasteiger partial charge in [-0.3, -0.25) is 0 Å². The van der Waals surface area contributed by atoms with E-state index in [1.807, 2.05) is 0 Å². The Labute approximate surface area is 125 Å². The van der Waals surface area contributed by atoms with E-state index >= 15 is 0 Å². The standard InChI is InChI=1S/C17H34N2O/c1-14(2)18-12-17(7-5-4-6-8-17)13-19(3)11-15-9-16(20)10-15/h14-16,18,20H,4-13H2,1-3H3. The predicted octanol–water partition coefficient (Wildman–Crippen LogP) is 2.64. The van der Waals surface area contributed by atoms with Crippen LogP contribution in [0.5, 0.6) is 0 Å². The average molecular weight is 282 g/mol. The first-order valence-electron chi connectivity index (χ1n) is 8.59. The zero-order valence-electron chi connectivity index (χ0n) is 13.7. The van der Waals surface area contributed by atoms with Crippen molar-refractivity contribution in [2.45, 2.75) is 70.9 Å². The largest absolute Gasteiger partial charge is 0.393 e. The lowest BCUT2D eigenvalue weighted by Crippen LogP contribution is -2.47. The third-order valence-corrected chi connectivity index (χ3v) is 5.19. The molecule has 2 N–H and O–H groups in total. The zero-order valence-corrected chi connectivity index (χ0v) is 13.7.